The molecule has 0 N–H and O–H groups in total. The van der Waals surface area contributed by atoms with Gasteiger partial charge in [0.25, 0.3) is 0 Å². The first-order valence-corrected chi connectivity index (χ1v) is 14.2. The Bertz CT molecular complexity index is 1610. The minimum absolute atomic E-state index is 1.31. The van der Waals surface area contributed by atoms with E-state index in [9.17, 15) is 0 Å². The van der Waals surface area contributed by atoms with Crippen molar-refractivity contribution in [1.82, 2.24) is 0 Å². The Balaban J connectivity index is 1.65. The summed E-state index contributed by atoms with van der Waals surface area (Å²) in [6.45, 7) is 0. The molecule has 0 nitrogen and oxygen atoms in total. The van der Waals surface area contributed by atoms with Gasteiger partial charge in [-0.2, -0.15) is 0 Å². The first-order valence-electron chi connectivity index (χ1n) is 12.2. The summed E-state index contributed by atoms with van der Waals surface area (Å²) in [5.41, 5.74) is 0. The maximum atomic E-state index is 2.48. The number of benzene rings is 7. The molecule has 0 saturated carbocycles. The third-order valence-corrected chi connectivity index (χ3v) is 12.3. The Kier molecular flexibility index (Phi) is 4.58. The highest BCUT2D eigenvalue weighted by Crippen LogP contribution is 2.34. The van der Waals surface area contributed by atoms with Crippen LogP contribution in [0.2, 0.25) is 0 Å². The van der Waals surface area contributed by atoms with Gasteiger partial charge in [-0.15, -0.1) is 0 Å². The molecule has 0 heterocycles. The summed E-state index contributed by atoms with van der Waals surface area (Å²) in [5.74, 6) is 0. The molecule has 0 fully saturated rings. The molecule has 0 radical (unpaired) electrons. The van der Waals surface area contributed by atoms with E-state index in [4.69, 9.17) is 0 Å². The van der Waals surface area contributed by atoms with Crippen molar-refractivity contribution in [3.05, 3.63) is 146 Å². The lowest BCUT2D eigenvalue weighted by molar-refractivity contribution is 1.68. The Morgan fingerprint density at radius 3 is 1.09 bits per heavy atom. The second kappa shape index (κ2) is 7.94. The maximum Gasteiger partial charge on any atom is 0.179 e. The minimum atomic E-state index is -2.55. The normalized spacial score (nSPS) is 12.0. The van der Waals surface area contributed by atoms with Crippen LogP contribution in [0.1, 0.15) is 0 Å². The largest absolute Gasteiger partial charge is 0.179 e. The summed E-state index contributed by atoms with van der Waals surface area (Å²) < 4.78 is 0. The van der Waals surface area contributed by atoms with Crippen molar-refractivity contribution >= 4 is 61.1 Å². The zero-order chi connectivity index (χ0) is 23.2. The van der Waals surface area contributed by atoms with Crippen molar-refractivity contribution in [2.75, 3.05) is 0 Å². The highest BCUT2D eigenvalue weighted by Gasteiger charge is 2.41. The van der Waals surface area contributed by atoms with Crippen molar-refractivity contribution in [2.45, 2.75) is 0 Å². The first-order chi connectivity index (χ1) is 17.4. The number of hydrogen-bond donors (Lipinski definition) is 0. The Morgan fingerprint density at radius 1 is 0.286 bits per heavy atom. The summed E-state index contributed by atoms with van der Waals surface area (Å²) in [6, 6.07) is 54.2. The number of rotatable bonds is 4. The van der Waals surface area contributed by atoms with Crippen LogP contribution in [0.15, 0.2) is 146 Å². The lowest BCUT2D eigenvalue weighted by Crippen LogP contribution is -2.74. The van der Waals surface area contributed by atoms with E-state index in [0.29, 0.717) is 0 Å². The van der Waals surface area contributed by atoms with Gasteiger partial charge < -0.3 is 0 Å². The summed E-state index contributed by atoms with van der Waals surface area (Å²) >= 11 is 0. The fourth-order valence-corrected chi connectivity index (χ4v) is 10.9. The summed E-state index contributed by atoms with van der Waals surface area (Å²) in [5, 5.41) is 13.7. The van der Waals surface area contributed by atoms with Gasteiger partial charge in [0.15, 0.2) is 8.07 Å². The SMILES string of the molecule is c1ccc([Si](c2ccccc2)(c2ccccc2)c2cc3ccc4cccc5ccc(c2)c3c45)cc1. The van der Waals surface area contributed by atoms with Crippen LogP contribution in [-0.4, -0.2) is 8.07 Å². The van der Waals surface area contributed by atoms with Gasteiger partial charge in [0.1, 0.15) is 0 Å². The summed E-state index contributed by atoms with van der Waals surface area (Å²) in [6.07, 6.45) is 0. The molecule has 0 saturated heterocycles. The van der Waals surface area contributed by atoms with Gasteiger partial charge in [-0.05, 0) is 53.1 Å². The van der Waals surface area contributed by atoms with Gasteiger partial charge in [-0.25, -0.2) is 0 Å². The van der Waals surface area contributed by atoms with Gasteiger partial charge in [0.2, 0.25) is 0 Å². The summed E-state index contributed by atoms with van der Waals surface area (Å²) in [7, 11) is -2.55. The molecular formula is C34H24Si. The van der Waals surface area contributed by atoms with E-state index in [2.05, 4.69) is 146 Å². The van der Waals surface area contributed by atoms with E-state index in [0.717, 1.165) is 0 Å². The molecule has 0 amide bonds. The molecule has 1 heteroatoms. The van der Waals surface area contributed by atoms with Crippen molar-refractivity contribution in [1.29, 1.82) is 0 Å². The zero-order valence-electron chi connectivity index (χ0n) is 19.4. The standard InChI is InChI=1S/C34H24Si/c1-4-13-29(14-5-1)35(30-15-6-2-7-16-30,31-17-8-3-9-18-31)32-23-27-21-19-25-11-10-12-26-20-22-28(24-32)34(27)33(25)26/h1-24H. The fourth-order valence-electron chi connectivity index (χ4n) is 6.03. The average Bonchev–Trinajstić information content (AvgIpc) is 2.94. The highest BCUT2D eigenvalue weighted by atomic mass is 28.3. The average molecular weight is 461 g/mol. The molecule has 0 aromatic heterocycles. The van der Waals surface area contributed by atoms with Crippen molar-refractivity contribution < 1.29 is 0 Å². The van der Waals surface area contributed by atoms with Crippen molar-refractivity contribution in [2.24, 2.45) is 0 Å². The zero-order valence-corrected chi connectivity index (χ0v) is 20.4. The molecule has 7 rings (SSSR count). The van der Waals surface area contributed by atoms with E-state index >= 15 is 0 Å². The second-order valence-electron chi connectivity index (χ2n) is 9.36. The quantitative estimate of drug-likeness (QED) is 0.173. The smallest absolute Gasteiger partial charge is 0.0623 e. The van der Waals surface area contributed by atoms with Crippen LogP contribution in [0.25, 0.3) is 32.3 Å². The van der Waals surface area contributed by atoms with Crippen LogP contribution >= 0.6 is 0 Å². The highest BCUT2D eigenvalue weighted by molar-refractivity contribution is 7.20. The number of hydrogen-bond acceptors (Lipinski definition) is 0. The molecule has 164 valence electrons. The lowest BCUT2D eigenvalue weighted by atomic mass is 9.94. The Labute approximate surface area is 206 Å². The van der Waals surface area contributed by atoms with Crippen LogP contribution < -0.4 is 20.7 Å². The molecule has 7 aromatic carbocycles. The minimum Gasteiger partial charge on any atom is -0.0623 e. The summed E-state index contributed by atoms with van der Waals surface area (Å²) in [4.78, 5) is 0. The van der Waals surface area contributed by atoms with Gasteiger partial charge in [-0.1, -0.05) is 146 Å². The van der Waals surface area contributed by atoms with Crippen LogP contribution in [-0.2, 0) is 0 Å². The van der Waals surface area contributed by atoms with Crippen molar-refractivity contribution in [3.8, 4) is 0 Å². The lowest BCUT2D eigenvalue weighted by Gasteiger charge is -2.35. The third kappa shape index (κ3) is 2.99. The van der Waals surface area contributed by atoms with Crippen molar-refractivity contribution in [3.63, 3.8) is 0 Å². The van der Waals surface area contributed by atoms with Gasteiger partial charge in [-0.3, -0.25) is 0 Å². The predicted molar refractivity (Wildman–Crippen MR) is 154 cm³/mol. The van der Waals surface area contributed by atoms with Gasteiger partial charge in [0.05, 0.1) is 0 Å². The van der Waals surface area contributed by atoms with Crippen LogP contribution in [0.5, 0.6) is 0 Å². The molecule has 0 aliphatic heterocycles. The fraction of sp³-hybridized carbons (Fsp3) is 0. The van der Waals surface area contributed by atoms with E-state index < -0.39 is 8.07 Å². The first kappa shape index (κ1) is 20.2. The monoisotopic (exact) mass is 460 g/mol. The molecule has 0 atom stereocenters. The molecular weight excluding hydrogens is 436 g/mol. The molecule has 7 aromatic rings. The van der Waals surface area contributed by atoms with Gasteiger partial charge in [0, 0.05) is 0 Å². The third-order valence-electron chi connectivity index (χ3n) is 7.52. The molecule has 0 aliphatic carbocycles. The van der Waals surface area contributed by atoms with Gasteiger partial charge >= 0.3 is 0 Å². The molecule has 0 bridgehead atoms. The molecule has 0 spiro atoms. The molecule has 0 unspecified atom stereocenters. The van der Waals surface area contributed by atoms with E-state index in [1.54, 1.807) is 0 Å². The van der Waals surface area contributed by atoms with E-state index in [-0.39, 0.29) is 0 Å². The Hall–Kier alpha value is -4.20. The molecule has 0 aliphatic rings. The predicted octanol–water partition coefficient (Wildman–Crippen LogP) is 5.96. The Morgan fingerprint density at radius 2 is 0.657 bits per heavy atom. The maximum absolute atomic E-state index is 2.55. The molecule has 35 heavy (non-hydrogen) atoms. The van der Waals surface area contributed by atoms with Crippen LogP contribution in [0.4, 0.5) is 0 Å². The second-order valence-corrected chi connectivity index (χ2v) is 13.2. The van der Waals surface area contributed by atoms with E-state index in [1.807, 2.05) is 0 Å². The van der Waals surface area contributed by atoms with E-state index in [1.165, 1.54) is 53.1 Å². The van der Waals surface area contributed by atoms with Crippen LogP contribution in [0, 0.1) is 0 Å². The topological polar surface area (TPSA) is 0 Å². The van der Waals surface area contributed by atoms with Crippen LogP contribution in [0.3, 0.4) is 0 Å².